The van der Waals surface area contributed by atoms with Gasteiger partial charge in [-0.15, -0.1) is 0 Å². The van der Waals surface area contributed by atoms with Crippen LogP contribution >= 0.6 is 11.6 Å². The molecular weight excluding hydrogens is 352 g/mol. The van der Waals surface area contributed by atoms with Gasteiger partial charge in [-0.25, -0.2) is 0 Å². The number of rotatable bonds is 8. The van der Waals surface area contributed by atoms with E-state index < -0.39 is 0 Å². The fourth-order valence-electron chi connectivity index (χ4n) is 2.79. The third kappa shape index (κ3) is 5.64. The van der Waals surface area contributed by atoms with Crippen molar-refractivity contribution in [2.24, 2.45) is 0 Å². The molecule has 0 heterocycles. The molecule has 0 bridgehead atoms. The Kier molecular flexibility index (Phi) is 7.30. The van der Waals surface area contributed by atoms with Crippen molar-refractivity contribution in [3.63, 3.8) is 0 Å². The summed E-state index contributed by atoms with van der Waals surface area (Å²) >= 11 is 5.90. The van der Waals surface area contributed by atoms with E-state index in [1.807, 2.05) is 56.4 Å². The summed E-state index contributed by atoms with van der Waals surface area (Å²) in [5, 5.41) is 3.71. The van der Waals surface area contributed by atoms with E-state index in [0.717, 1.165) is 27.5 Å². The molecule has 0 aliphatic heterocycles. The average molecular weight is 378 g/mol. The minimum atomic E-state index is -0.0666. The van der Waals surface area contributed by atoms with Crippen molar-refractivity contribution in [3.05, 3.63) is 58.6 Å². The Morgan fingerprint density at radius 2 is 1.85 bits per heavy atom. The van der Waals surface area contributed by atoms with Crippen molar-refractivity contribution < 1.29 is 19.2 Å². The standard InChI is InChI=1S/C20H25ClN2O3/c1-14(15-5-8-17(21)9-6-15)22-20(24)13-23(2)12-16-7-10-18(25-3)11-19(16)26-4/h5-11,14H,12-13H2,1-4H3,(H,22,24)/p+1/t14-/m1/s1. The van der Waals surface area contributed by atoms with Crippen LogP contribution in [0.15, 0.2) is 42.5 Å². The normalized spacial score (nSPS) is 13.0. The predicted octanol–water partition coefficient (Wildman–Crippen LogP) is 2.25. The van der Waals surface area contributed by atoms with Crippen molar-refractivity contribution >= 4 is 17.5 Å². The number of nitrogens with one attached hydrogen (secondary N) is 2. The van der Waals surface area contributed by atoms with Gasteiger partial charge in [-0.2, -0.15) is 0 Å². The molecule has 0 fully saturated rings. The van der Waals surface area contributed by atoms with E-state index in [4.69, 9.17) is 21.1 Å². The SMILES string of the molecule is COc1ccc(C[NH+](C)CC(=O)N[C@H](C)c2ccc(Cl)cc2)c(OC)c1. The number of amides is 1. The topological polar surface area (TPSA) is 52.0 Å². The van der Waals surface area contributed by atoms with E-state index >= 15 is 0 Å². The molecule has 5 nitrogen and oxygen atoms in total. The zero-order valence-corrected chi connectivity index (χ0v) is 16.4. The maximum atomic E-state index is 12.3. The molecule has 0 saturated heterocycles. The quantitative estimate of drug-likeness (QED) is 0.742. The smallest absolute Gasteiger partial charge is 0.275 e. The number of ether oxygens (including phenoxy) is 2. The van der Waals surface area contributed by atoms with Gasteiger partial charge in [0.1, 0.15) is 18.0 Å². The molecule has 1 amide bonds. The lowest BCUT2D eigenvalue weighted by atomic mass is 10.1. The minimum Gasteiger partial charge on any atom is -0.497 e. The maximum Gasteiger partial charge on any atom is 0.275 e. The second kappa shape index (κ2) is 9.46. The first-order chi connectivity index (χ1) is 12.4. The fourth-order valence-corrected chi connectivity index (χ4v) is 2.91. The highest BCUT2D eigenvalue weighted by atomic mass is 35.5. The van der Waals surface area contributed by atoms with Crippen LogP contribution in [0.4, 0.5) is 0 Å². The third-order valence-electron chi connectivity index (χ3n) is 4.20. The van der Waals surface area contributed by atoms with E-state index in [1.165, 1.54) is 0 Å². The Balaban J connectivity index is 1.91. The molecule has 0 spiro atoms. The van der Waals surface area contributed by atoms with Crippen molar-refractivity contribution in [2.45, 2.75) is 19.5 Å². The van der Waals surface area contributed by atoms with E-state index in [2.05, 4.69) is 5.32 Å². The van der Waals surface area contributed by atoms with Gasteiger partial charge in [0.2, 0.25) is 0 Å². The van der Waals surface area contributed by atoms with Crippen molar-refractivity contribution in [2.75, 3.05) is 27.8 Å². The molecule has 140 valence electrons. The molecular formula is C20H26ClN2O3+. The summed E-state index contributed by atoms with van der Waals surface area (Å²) in [6, 6.07) is 13.1. The van der Waals surface area contributed by atoms with Crippen molar-refractivity contribution in [1.29, 1.82) is 0 Å². The summed E-state index contributed by atoms with van der Waals surface area (Å²) in [5.41, 5.74) is 2.06. The lowest BCUT2D eigenvalue weighted by molar-refractivity contribution is -0.885. The molecule has 2 aromatic carbocycles. The molecule has 0 aliphatic rings. The van der Waals surface area contributed by atoms with Crippen LogP contribution in [0.3, 0.4) is 0 Å². The lowest BCUT2D eigenvalue weighted by Crippen LogP contribution is -3.08. The number of carbonyl (C=O) groups excluding carboxylic acids is 1. The van der Waals surface area contributed by atoms with Gasteiger partial charge >= 0.3 is 0 Å². The van der Waals surface area contributed by atoms with E-state index in [1.54, 1.807) is 14.2 Å². The minimum absolute atomic E-state index is 0.00238. The van der Waals surface area contributed by atoms with Crippen LogP contribution in [0.5, 0.6) is 11.5 Å². The van der Waals surface area contributed by atoms with Crippen molar-refractivity contribution in [1.82, 2.24) is 5.32 Å². The zero-order chi connectivity index (χ0) is 19.1. The van der Waals surface area contributed by atoms with Gasteiger partial charge in [-0.3, -0.25) is 4.79 Å². The lowest BCUT2D eigenvalue weighted by Gasteiger charge is -2.18. The van der Waals surface area contributed by atoms with Crippen LogP contribution in [0, 0.1) is 0 Å². The van der Waals surface area contributed by atoms with Gasteiger partial charge in [0.25, 0.3) is 5.91 Å². The number of halogens is 1. The first-order valence-electron chi connectivity index (χ1n) is 8.50. The molecule has 0 aliphatic carbocycles. The summed E-state index contributed by atoms with van der Waals surface area (Å²) in [7, 11) is 5.24. The largest absolute Gasteiger partial charge is 0.497 e. The molecule has 1 unspecified atom stereocenters. The average Bonchev–Trinajstić information content (AvgIpc) is 2.62. The van der Waals surface area contributed by atoms with E-state index in [-0.39, 0.29) is 11.9 Å². The summed E-state index contributed by atoms with van der Waals surface area (Å²) in [5.74, 6) is 1.51. The molecule has 0 saturated carbocycles. The predicted molar refractivity (Wildman–Crippen MR) is 103 cm³/mol. The number of methoxy groups -OCH3 is 2. The van der Waals surface area contributed by atoms with Crippen LogP contribution < -0.4 is 19.7 Å². The monoisotopic (exact) mass is 377 g/mol. The first-order valence-corrected chi connectivity index (χ1v) is 8.87. The van der Waals surface area contributed by atoms with E-state index in [9.17, 15) is 4.79 Å². The molecule has 0 radical (unpaired) electrons. The number of quaternary nitrogens is 1. The van der Waals surface area contributed by atoms with Crippen molar-refractivity contribution in [3.8, 4) is 11.5 Å². The van der Waals surface area contributed by atoms with Crippen LogP contribution in [0.1, 0.15) is 24.1 Å². The Bertz CT molecular complexity index is 734. The molecule has 0 aromatic heterocycles. The van der Waals surface area contributed by atoms with E-state index in [0.29, 0.717) is 18.1 Å². The highest BCUT2D eigenvalue weighted by Crippen LogP contribution is 2.23. The number of hydrogen-bond donors (Lipinski definition) is 2. The van der Waals surface area contributed by atoms with Crippen LogP contribution in [0.25, 0.3) is 0 Å². The molecule has 6 heteroatoms. The maximum absolute atomic E-state index is 12.3. The first kappa shape index (κ1) is 20.1. The number of likely N-dealkylation sites (N-methyl/N-ethyl adjacent to an activating group) is 1. The highest BCUT2D eigenvalue weighted by Gasteiger charge is 2.16. The summed E-state index contributed by atoms with van der Waals surface area (Å²) in [6.07, 6.45) is 0. The Morgan fingerprint density at radius 3 is 2.46 bits per heavy atom. The van der Waals surface area contributed by atoms with Gasteiger partial charge < -0.3 is 19.7 Å². The highest BCUT2D eigenvalue weighted by molar-refractivity contribution is 6.30. The summed E-state index contributed by atoms with van der Waals surface area (Å²) in [6.45, 7) is 3.01. The van der Waals surface area contributed by atoms with Gasteiger partial charge in [-0.1, -0.05) is 23.7 Å². The second-order valence-corrected chi connectivity index (χ2v) is 6.77. The molecule has 26 heavy (non-hydrogen) atoms. The van der Waals surface area contributed by atoms with Gasteiger partial charge in [0.15, 0.2) is 6.54 Å². The molecule has 2 N–H and O–H groups in total. The third-order valence-corrected chi connectivity index (χ3v) is 4.45. The Labute approximate surface area is 159 Å². The summed E-state index contributed by atoms with van der Waals surface area (Å²) < 4.78 is 10.6. The molecule has 2 atom stereocenters. The van der Waals surface area contributed by atoms with Gasteiger partial charge in [0.05, 0.1) is 27.3 Å². The number of hydrogen-bond acceptors (Lipinski definition) is 3. The van der Waals surface area contributed by atoms with Crippen LogP contribution in [-0.2, 0) is 11.3 Å². The van der Waals surface area contributed by atoms with Gasteiger partial charge in [-0.05, 0) is 36.8 Å². The summed E-state index contributed by atoms with van der Waals surface area (Å²) in [4.78, 5) is 13.4. The van der Waals surface area contributed by atoms with Crippen LogP contribution in [0.2, 0.25) is 5.02 Å². The van der Waals surface area contributed by atoms with Crippen LogP contribution in [-0.4, -0.2) is 33.7 Å². The molecule has 2 aromatic rings. The Hall–Kier alpha value is -2.24. The van der Waals surface area contributed by atoms with Gasteiger partial charge in [0, 0.05) is 16.7 Å². The number of benzene rings is 2. The number of carbonyl (C=O) groups is 1. The second-order valence-electron chi connectivity index (χ2n) is 6.33. The Morgan fingerprint density at radius 1 is 1.15 bits per heavy atom. The zero-order valence-electron chi connectivity index (χ0n) is 15.6. The fraction of sp³-hybridized carbons (Fsp3) is 0.350. The molecule has 2 rings (SSSR count).